The molecule has 0 amide bonds. The highest BCUT2D eigenvalue weighted by molar-refractivity contribution is 5.91. The molecule has 31 heavy (non-hydrogen) atoms. The molecule has 1 aliphatic rings. The van der Waals surface area contributed by atoms with Gasteiger partial charge in [-0.3, -0.25) is 0 Å². The van der Waals surface area contributed by atoms with Crippen molar-refractivity contribution in [2.24, 2.45) is 0 Å². The second-order valence-corrected chi connectivity index (χ2v) is 9.69. The van der Waals surface area contributed by atoms with Gasteiger partial charge >= 0.3 is 5.97 Å². The number of methoxy groups -OCH3 is 1. The molecule has 0 saturated carbocycles. The Morgan fingerprint density at radius 1 is 0.968 bits per heavy atom. The van der Waals surface area contributed by atoms with E-state index >= 15 is 0 Å². The van der Waals surface area contributed by atoms with Crippen LogP contribution in [0.1, 0.15) is 68.9 Å². The van der Waals surface area contributed by atoms with E-state index in [-0.39, 0.29) is 16.8 Å². The van der Waals surface area contributed by atoms with E-state index in [9.17, 15) is 4.79 Å². The highest BCUT2D eigenvalue weighted by atomic mass is 16.5. The maximum absolute atomic E-state index is 11.8. The number of carbonyl (C=O) groups is 1. The minimum absolute atomic E-state index is 0.116. The molecule has 3 aromatic rings. The molecule has 0 fully saturated rings. The SMILES string of the molecule is CCOc1cc(-c2ccc(C(=O)OC)cc2)nc2cc3c(cc12)C(C)(C)CCC3(C)C. The molecule has 4 heteroatoms. The van der Waals surface area contributed by atoms with Gasteiger partial charge in [-0.25, -0.2) is 9.78 Å². The van der Waals surface area contributed by atoms with Gasteiger partial charge in [0, 0.05) is 17.0 Å². The summed E-state index contributed by atoms with van der Waals surface area (Å²) < 4.78 is 10.9. The molecule has 2 aromatic carbocycles. The van der Waals surface area contributed by atoms with E-state index in [0.717, 1.165) is 34.3 Å². The average molecular weight is 418 g/mol. The van der Waals surface area contributed by atoms with E-state index in [2.05, 4.69) is 39.8 Å². The summed E-state index contributed by atoms with van der Waals surface area (Å²) in [7, 11) is 1.39. The fourth-order valence-electron chi connectivity index (χ4n) is 4.57. The molecule has 1 heterocycles. The molecule has 0 bridgehead atoms. The fraction of sp³-hybridized carbons (Fsp3) is 0.407. The van der Waals surface area contributed by atoms with Crippen LogP contribution in [0.2, 0.25) is 0 Å². The molecule has 4 rings (SSSR count). The first-order valence-electron chi connectivity index (χ1n) is 11.0. The van der Waals surface area contributed by atoms with Crippen molar-refractivity contribution in [3.63, 3.8) is 0 Å². The Balaban J connectivity index is 1.91. The zero-order chi connectivity index (χ0) is 22.4. The number of aromatic nitrogens is 1. The topological polar surface area (TPSA) is 48.4 Å². The number of ether oxygens (including phenoxy) is 2. The van der Waals surface area contributed by atoms with Gasteiger partial charge in [-0.2, -0.15) is 0 Å². The summed E-state index contributed by atoms with van der Waals surface area (Å²) in [5.74, 6) is 0.506. The van der Waals surface area contributed by atoms with E-state index in [1.807, 2.05) is 25.1 Å². The number of hydrogen-bond acceptors (Lipinski definition) is 4. The minimum atomic E-state index is -0.343. The Hall–Kier alpha value is -2.88. The fourth-order valence-corrected chi connectivity index (χ4v) is 4.57. The van der Waals surface area contributed by atoms with Crippen molar-refractivity contribution in [1.29, 1.82) is 0 Å². The van der Waals surface area contributed by atoms with Gasteiger partial charge in [0.25, 0.3) is 0 Å². The number of hydrogen-bond donors (Lipinski definition) is 0. The molecule has 162 valence electrons. The van der Waals surface area contributed by atoms with Gasteiger partial charge in [0.15, 0.2) is 0 Å². The number of fused-ring (bicyclic) bond motifs is 2. The van der Waals surface area contributed by atoms with Crippen LogP contribution in [-0.2, 0) is 15.6 Å². The Morgan fingerprint density at radius 2 is 1.58 bits per heavy atom. The van der Waals surface area contributed by atoms with Crippen LogP contribution >= 0.6 is 0 Å². The van der Waals surface area contributed by atoms with Crippen LogP contribution in [0.5, 0.6) is 5.75 Å². The third-order valence-electron chi connectivity index (χ3n) is 6.64. The van der Waals surface area contributed by atoms with Crippen LogP contribution in [0.4, 0.5) is 0 Å². The van der Waals surface area contributed by atoms with Crippen LogP contribution in [0.3, 0.4) is 0 Å². The summed E-state index contributed by atoms with van der Waals surface area (Å²) in [6, 6.07) is 13.9. The van der Waals surface area contributed by atoms with Crippen LogP contribution in [0.25, 0.3) is 22.2 Å². The summed E-state index contributed by atoms with van der Waals surface area (Å²) in [4.78, 5) is 16.8. The van der Waals surface area contributed by atoms with Crippen molar-refractivity contribution in [3.05, 3.63) is 59.2 Å². The molecule has 0 aliphatic heterocycles. The third-order valence-corrected chi connectivity index (χ3v) is 6.64. The van der Waals surface area contributed by atoms with Gasteiger partial charge in [0.05, 0.1) is 30.5 Å². The van der Waals surface area contributed by atoms with E-state index < -0.39 is 0 Å². The van der Waals surface area contributed by atoms with Crippen molar-refractivity contribution in [2.45, 2.75) is 58.3 Å². The maximum Gasteiger partial charge on any atom is 0.337 e. The number of esters is 1. The molecule has 1 aromatic heterocycles. The van der Waals surface area contributed by atoms with E-state index in [4.69, 9.17) is 14.5 Å². The number of carbonyl (C=O) groups excluding carboxylic acids is 1. The zero-order valence-corrected chi connectivity index (χ0v) is 19.3. The quantitative estimate of drug-likeness (QED) is 0.459. The van der Waals surface area contributed by atoms with Crippen molar-refractivity contribution in [3.8, 4) is 17.0 Å². The first-order chi connectivity index (χ1) is 14.7. The van der Waals surface area contributed by atoms with Crippen LogP contribution < -0.4 is 4.74 Å². The van der Waals surface area contributed by atoms with E-state index in [0.29, 0.717) is 12.2 Å². The van der Waals surface area contributed by atoms with Crippen LogP contribution in [0, 0.1) is 0 Å². The summed E-state index contributed by atoms with van der Waals surface area (Å²) >= 11 is 0. The summed E-state index contributed by atoms with van der Waals surface area (Å²) in [5.41, 5.74) is 6.26. The lowest BCUT2D eigenvalue weighted by Gasteiger charge is -2.42. The number of rotatable bonds is 4. The average Bonchev–Trinajstić information content (AvgIpc) is 2.76. The van der Waals surface area contributed by atoms with Crippen molar-refractivity contribution >= 4 is 16.9 Å². The van der Waals surface area contributed by atoms with Crippen molar-refractivity contribution in [2.75, 3.05) is 13.7 Å². The first kappa shape index (κ1) is 21.4. The second kappa shape index (κ2) is 7.67. The Morgan fingerprint density at radius 3 is 2.16 bits per heavy atom. The molecule has 1 aliphatic carbocycles. The lowest BCUT2D eigenvalue weighted by Crippen LogP contribution is -2.33. The number of nitrogens with zero attached hydrogens (tertiary/aromatic N) is 1. The summed E-state index contributed by atoms with van der Waals surface area (Å²) in [6.07, 6.45) is 2.33. The van der Waals surface area contributed by atoms with E-state index in [1.54, 1.807) is 12.1 Å². The smallest absolute Gasteiger partial charge is 0.337 e. The summed E-state index contributed by atoms with van der Waals surface area (Å²) in [5, 5.41) is 1.06. The molecule has 0 atom stereocenters. The predicted molar refractivity (Wildman–Crippen MR) is 125 cm³/mol. The molecule has 0 unspecified atom stereocenters. The van der Waals surface area contributed by atoms with Gasteiger partial charge < -0.3 is 9.47 Å². The highest BCUT2D eigenvalue weighted by Gasteiger charge is 2.37. The highest BCUT2D eigenvalue weighted by Crippen LogP contribution is 2.48. The molecule has 0 radical (unpaired) electrons. The molecule has 0 spiro atoms. The molecular weight excluding hydrogens is 386 g/mol. The van der Waals surface area contributed by atoms with Gasteiger partial charge in [0.1, 0.15) is 5.75 Å². The number of benzene rings is 2. The van der Waals surface area contributed by atoms with Gasteiger partial charge in [-0.1, -0.05) is 39.8 Å². The van der Waals surface area contributed by atoms with Crippen molar-refractivity contribution < 1.29 is 14.3 Å². The monoisotopic (exact) mass is 417 g/mol. The predicted octanol–water partition coefficient (Wildman–Crippen LogP) is 6.44. The minimum Gasteiger partial charge on any atom is -0.493 e. The standard InChI is InChI=1S/C27H31NO3/c1-7-31-24-16-22(17-8-10-18(11-9-17)25(29)30-6)28-23-15-21-20(14-19(23)24)26(2,3)12-13-27(21,4)5/h8-11,14-16H,7,12-13H2,1-6H3. The first-order valence-corrected chi connectivity index (χ1v) is 11.0. The third kappa shape index (κ3) is 3.80. The van der Waals surface area contributed by atoms with Gasteiger partial charge in [0.2, 0.25) is 0 Å². The zero-order valence-electron chi connectivity index (χ0n) is 19.3. The second-order valence-electron chi connectivity index (χ2n) is 9.69. The van der Waals surface area contributed by atoms with Crippen LogP contribution in [0.15, 0.2) is 42.5 Å². The normalized spacial score (nSPS) is 16.6. The maximum atomic E-state index is 11.8. The summed E-state index contributed by atoms with van der Waals surface area (Å²) in [6.45, 7) is 11.9. The molecule has 4 nitrogen and oxygen atoms in total. The van der Waals surface area contributed by atoms with Gasteiger partial charge in [-0.05, 0) is 66.0 Å². The van der Waals surface area contributed by atoms with E-state index in [1.165, 1.54) is 24.7 Å². The van der Waals surface area contributed by atoms with Crippen molar-refractivity contribution in [1.82, 2.24) is 4.98 Å². The Bertz CT molecular complexity index is 1140. The lowest BCUT2D eigenvalue weighted by atomic mass is 9.63. The largest absolute Gasteiger partial charge is 0.493 e. The number of pyridine rings is 1. The molecule has 0 N–H and O–H groups in total. The van der Waals surface area contributed by atoms with Gasteiger partial charge in [-0.15, -0.1) is 0 Å². The molecule has 0 saturated heterocycles. The Kier molecular flexibility index (Phi) is 5.28. The van der Waals surface area contributed by atoms with Crippen LogP contribution in [-0.4, -0.2) is 24.7 Å². The molecular formula is C27H31NO3. The lowest BCUT2D eigenvalue weighted by molar-refractivity contribution is 0.0600. The Labute approximate surface area is 184 Å².